The second-order valence-electron chi connectivity index (χ2n) is 15.4. The molecule has 0 saturated heterocycles. The summed E-state index contributed by atoms with van der Waals surface area (Å²) in [6.45, 7) is 10.2. The van der Waals surface area contributed by atoms with E-state index in [1.54, 1.807) is 0 Å². The van der Waals surface area contributed by atoms with E-state index in [1.807, 2.05) is 24.3 Å². The molecular weight excluding hydrogens is 753 g/mol. The van der Waals surface area contributed by atoms with Gasteiger partial charge in [0.15, 0.2) is 0 Å². The van der Waals surface area contributed by atoms with Gasteiger partial charge in [0.05, 0.1) is 51.8 Å². The van der Waals surface area contributed by atoms with Crippen molar-refractivity contribution < 1.29 is 38.0 Å². The number of unbranched alkanes of at least 4 members (excludes halogenated alkanes) is 8. The number of benzene rings is 4. The smallest absolute Gasteiger partial charge is 0.330 e. The molecule has 2 atom stereocenters. The first kappa shape index (κ1) is 45.9. The highest BCUT2D eigenvalue weighted by molar-refractivity contribution is 5.81. The van der Waals surface area contributed by atoms with E-state index in [1.165, 1.54) is 12.2 Å². The summed E-state index contributed by atoms with van der Waals surface area (Å²) in [5.74, 6) is 1.06. The molecule has 5 rings (SSSR count). The second-order valence-corrected chi connectivity index (χ2v) is 15.4. The van der Waals surface area contributed by atoms with Gasteiger partial charge >= 0.3 is 11.9 Å². The average molecular weight is 817 g/mol. The van der Waals surface area contributed by atoms with Crippen molar-refractivity contribution in [3.8, 4) is 33.8 Å². The Morgan fingerprint density at radius 1 is 0.450 bits per heavy atom. The zero-order valence-electron chi connectivity index (χ0n) is 35.4. The number of rotatable bonds is 28. The average Bonchev–Trinajstić information content (AvgIpc) is 3.30. The first-order chi connectivity index (χ1) is 29.5. The fourth-order valence-electron chi connectivity index (χ4n) is 7.24. The standard InChI is InChI=1S/C52H64O8/c1-3-51(53)57-37-15-9-5-7-13-35-55-47-31-27-45(28-32-47)43-23-19-41(20-24-43)39-59-49-17-11-12-18-50(49)60-40-42-21-25-44(26-22-42)46-29-33-48(34-30-46)56-36-14-8-6-10-16-38-58-52(54)4-2/h3-4,19-34,49-50H,1-2,5-18,35-40H2/t49-,50-/m1/s1. The van der Waals surface area contributed by atoms with Gasteiger partial charge in [-0.25, -0.2) is 9.59 Å². The zero-order valence-corrected chi connectivity index (χ0v) is 35.4. The third kappa shape index (κ3) is 16.8. The van der Waals surface area contributed by atoms with Gasteiger partial charge in [-0.05, 0) is 96.2 Å². The lowest BCUT2D eigenvalue weighted by molar-refractivity contribution is -0.138. The molecule has 1 aliphatic rings. The number of carbonyl (C=O) groups excluding carboxylic acids is 2. The van der Waals surface area contributed by atoms with Crippen LogP contribution in [0.3, 0.4) is 0 Å². The van der Waals surface area contributed by atoms with Gasteiger partial charge in [0.25, 0.3) is 0 Å². The van der Waals surface area contributed by atoms with Gasteiger partial charge in [0.1, 0.15) is 11.5 Å². The Morgan fingerprint density at radius 2 is 0.767 bits per heavy atom. The number of hydrogen-bond acceptors (Lipinski definition) is 8. The van der Waals surface area contributed by atoms with Gasteiger partial charge in [-0.1, -0.05) is 137 Å². The van der Waals surface area contributed by atoms with Crippen molar-refractivity contribution in [2.75, 3.05) is 26.4 Å². The van der Waals surface area contributed by atoms with Crippen LogP contribution in [0.5, 0.6) is 11.5 Å². The number of hydrogen-bond donors (Lipinski definition) is 0. The number of ether oxygens (including phenoxy) is 6. The van der Waals surface area contributed by atoms with Gasteiger partial charge in [-0.3, -0.25) is 0 Å². The molecule has 8 heteroatoms. The van der Waals surface area contributed by atoms with Crippen LogP contribution in [0.4, 0.5) is 0 Å². The molecule has 0 aromatic heterocycles. The topological polar surface area (TPSA) is 89.5 Å². The summed E-state index contributed by atoms with van der Waals surface area (Å²) in [5, 5.41) is 0. The van der Waals surface area contributed by atoms with Crippen LogP contribution in [-0.4, -0.2) is 50.6 Å². The first-order valence-electron chi connectivity index (χ1n) is 22.0. The molecule has 1 fully saturated rings. The van der Waals surface area contributed by atoms with Crippen LogP contribution < -0.4 is 9.47 Å². The fourth-order valence-corrected chi connectivity index (χ4v) is 7.24. The van der Waals surface area contributed by atoms with E-state index < -0.39 is 0 Å². The van der Waals surface area contributed by atoms with E-state index in [9.17, 15) is 9.59 Å². The molecule has 0 amide bonds. The van der Waals surface area contributed by atoms with Crippen molar-refractivity contribution in [3.63, 3.8) is 0 Å². The quantitative estimate of drug-likeness (QED) is 0.0318. The molecule has 0 aliphatic heterocycles. The van der Waals surface area contributed by atoms with E-state index in [2.05, 4.69) is 86.0 Å². The Kier molecular flexibility index (Phi) is 20.5. The molecule has 0 unspecified atom stereocenters. The molecule has 320 valence electrons. The highest BCUT2D eigenvalue weighted by atomic mass is 16.5. The minimum absolute atomic E-state index is 0.0838. The Labute approximate surface area is 357 Å². The maximum absolute atomic E-state index is 11.1. The lowest BCUT2D eigenvalue weighted by Crippen LogP contribution is -2.34. The minimum atomic E-state index is -0.354. The summed E-state index contributed by atoms with van der Waals surface area (Å²) in [6.07, 6.45) is 17.1. The summed E-state index contributed by atoms with van der Waals surface area (Å²) in [4.78, 5) is 22.1. The molecule has 1 saturated carbocycles. The lowest BCUT2D eigenvalue weighted by Gasteiger charge is -2.31. The van der Waals surface area contributed by atoms with E-state index >= 15 is 0 Å². The summed E-state index contributed by atoms with van der Waals surface area (Å²) in [5.41, 5.74) is 6.95. The highest BCUT2D eigenvalue weighted by Gasteiger charge is 2.26. The molecule has 0 radical (unpaired) electrons. The SMILES string of the molecule is C=CC(=O)OCCCCCCCOc1ccc(-c2ccc(CO[C@@H]3CCCC[C@H]3OCc3ccc(-c4ccc(OCCCCCCCOC(=O)C=C)cc4)cc3)cc2)cc1. The van der Waals surface area contributed by atoms with Gasteiger partial charge < -0.3 is 28.4 Å². The second kappa shape index (κ2) is 26.8. The summed E-state index contributed by atoms with van der Waals surface area (Å²) >= 11 is 0. The normalized spacial score (nSPS) is 14.9. The van der Waals surface area contributed by atoms with E-state index in [4.69, 9.17) is 28.4 Å². The molecule has 8 nitrogen and oxygen atoms in total. The molecule has 1 aliphatic carbocycles. The van der Waals surface area contributed by atoms with E-state index in [0.29, 0.717) is 39.6 Å². The Bertz CT molecular complexity index is 1700. The van der Waals surface area contributed by atoms with Crippen LogP contribution in [-0.2, 0) is 41.8 Å². The molecule has 0 spiro atoms. The lowest BCUT2D eigenvalue weighted by atomic mass is 9.94. The molecule has 4 aromatic carbocycles. The van der Waals surface area contributed by atoms with Crippen LogP contribution in [0.25, 0.3) is 22.3 Å². The van der Waals surface area contributed by atoms with Crippen molar-refractivity contribution in [1.29, 1.82) is 0 Å². The van der Waals surface area contributed by atoms with Crippen molar-refractivity contribution in [1.82, 2.24) is 0 Å². The minimum Gasteiger partial charge on any atom is -0.494 e. The molecule has 60 heavy (non-hydrogen) atoms. The van der Waals surface area contributed by atoms with Gasteiger partial charge in [-0.15, -0.1) is 0 Å². The molecule has 0 N–H and O–H groups in total. The number of carbonyl (C=O) groups is 2. The van der Waals surface area contributed by atoms with Crippen molar-refractivity contribution in [2.24, 2.45) is 0 Å². The molecule has 0 heterocycles. The largest absolute Gasteiger partial charge is 0.494 e. The zero-order chi connectivity index (χ0) is 42.0. The predicted octanol–water partition coefficient (Wildman–Crippen LogP) is 12.2. The molecule has 0 bridgehead atoms. The van der Waals surface area contributed by atoms with Crippen molar-refractivity contribution in [3.05, 3.63) is 133 Å². The van der Waals surface area contributed by atoms with Crippen LogP contribution in [0.1, 0.15) is 101 Å². The van der Waals surface area contributed by atoms with Gasteiger partial charge in [0, 0.05) is 12.2 Å². The maximum atomic E-state index is 11.1. The van der Waals surface area contributed by atoms with Crippen molar-refractivity contribution >= 4 is 11.9 Å². The van der Waals surface area contributed by atoms with Crippen LogP contribution in [0, 0.1) is 0 Å². The summed E-state index contributed by atoms with van der Waals surface area (Å²) in [7, 11) is 0. The monoisotopic (exact) mass is 816 g/mol. The molecular formula is C52H64O8. The highest BCUT2D eigenvalue weighted by Crippen LogP contribution is 2.28. The Morgan fingerprint density at radius 3 is 1.12 bits per heavy atom. The Balaban J connectivity index is 0.958. The van der Waals surface area contributed by atoms with Crippen LogP contribution in [0.2, 0.25) is 0 Å². The third-order valence-electron chi connectivity index (χ3n) is 10.8. The summed E-state index contributed by atoms with van der Waals surface area (Å²) < 4.78 is 34.9. The van der Waals surface area contributed by atoms with Gasteiger partial charge in [-0.2, -0.15) is 0 Å². The van der Waals surface area contributed by atoms with E-state index in [-0.39, 0.29) is 24.1 Å². The van der Waals surface area contributed by atoms with Crippen LogP contribution >= 0.6 is 0 Å². The van der Waals surface area contributed by atoms with E-state index in [0.717, 1.165) is 135 Å². The third-order valence-corrected chi connectivity index (χ3v) is 10.8. The first-order valence-corrected chi connectivity index (χ1v) is 22.0. The van der Waals surface area contributed by atoms with Gasteiger partial charge in [0.2, 0.25) is 0 Å². The summed E-state index contributed by atoms with van der Waals surface area (Å²) in [6, 6.07) is 33.9. The number of esters is 2. The van der Waals surface area contributed by atoms with Crippen LogP contribution in [0.15, 0.2) is 122 Å². The fraction of sp³-hybridized carbons (Fsp3) is 0.423. The predicted molar refractivity (Wildman–Crippen MR) is 239 cm³/mol. The van der Waals surface area contributed by atoms with Crippen molar-refractivity contribution in [2.45, 2.75) is 115 Å². The molecule has 4 aromatic rings. The maximum Gasteiger partial charge on any atom is 0.330 e. The Hall–Kier alpha value is -5.18.